The van der Waals surface area contributed by atoms with Gasteiger partial charge in [0.15, 0.2) is 18.9 Å². The number of carbonyl (C=O) groups excluding carboxylic acids is 1. The molecule has 0 aromatic rings. The fourth-order valence-corrected chi connectivity index (χ4v) is 16.4. The molecule has 17 atom stereocenters. The van der Waals surface area contributed by atoms with Crippen LogP contribution in [-0.4, -0.2) is 193 Å². The highest BCUT2D eigenvalue weighted by Gasteiger charge is 2.54. The van der Waals surface area contributed by atoms with Gasteiger partial charge >= 0.3 is 0 Å². The summed E-state index contributed by atoms with van der Waals surface area (Å²) >= 11 is 0. The molecule has 3 rings (SSSR count). The van der Waals surface area contributed by atoms with Crippen LogP contribution in [0.1, 0.15) is 431 Å². The summed E-state index contributed by atoms with van der Waals surface area (Å²) < 4.78 is 34.6. The molecule has 0 saturated carbocycles. The second kappa shape index (κ2) is 71.6. The minimum Gasteiger partial charge on any atom is -0.394 e. The van der Waals surface area contributed by atoms with Gasteiger partial charge in [0.2, 0.25) is 5.91 Å². The lowest BCUT2D eigenvalue weighted by Crippen LogP contribution is -2.66. The van der Waals surface area contributed by atoms with E-state index in [2.05, 4.69) is 31.3 Å². The summed E-state index contributed by atoms with van der Waals surface area (Å²) in [5, 5.41) is 121. The van der Waals surface area contributed by atoms with Gasteiger partial charge in [-0.05, 0) is 38.5 Å². The number of aliphatic hydroxyl groups excluding tert-OH is 11. The molecule has 3 saturated heterocycles. The van der Waals surface area contributed by atoms with Gasteiger partial charge in [0, 0.05) is 6.42 Å². The van der Waals surface area contributed by atoms with Crippen LogP contribution in [0.25, 0.3) is 0 Å². The number of amides is 1. The lowest BCUT2D eigenvalue weighted by atomic mass is 9.96. The predicted molar refractivity (Wildman–Crippen MR) is 444 cm³/mol. The average molecular weight is 1570 g/mol. The van der Waals surface area contributed by atoms with Crippen molar-refractivity contribution in [1.82, 2.24) is 5.32 Å². The van der Waals surface area contributed by atoms with E-state index in [0.29, 0.717) is 12.8 Å². The van der Waals surface area contributed by atoms with Crippen LogP contribution in [0.2, 0.25) is 0 Å². The Kier molecular flexibility index (Phi) is 66.9. The van der Waals surface area contributed by atoms with Crippen molar-refractivity contribution in [2.45, 2.75) is 535 Å². The fourth-order valence-electron chi connectivity index (χ4n) is 16.4. The molecular weight excluding hydrogens is 1390 g/mol. The number of aliphatic hydroxyl groups is 11. The number of hydrogen-bond acceptors (Lipinski definition) is 18. The van der Waals surface area contributed by atoms with Crippen LogP contribution < -0.4 is 5.32 Å². The Hall–Kier alpha value is -1.47. The standard InChI is InChI=1S/C91H175NO18/c1-3-5-7-9-11-13-15-17-19-21-23-25-27-29-31-33-35-37-39-41-43-45-47-49-51-53-55-57-59-61-63-65-67-69-79(97)92-74(75(96)68-66-64-62-60-58-56-54-52-50-48-46-44-42-40-38-36-34-32-30-28-26-24-22-20-18-16-14-12-10-8-6-4-2)73-105-89-85(103)82(100)87(77(71-94)107-89)110-91-86(104)83(101)88(78(72-95)108-91)109-90-84(102)81(99)80(98)76(70-93)106-90/h21,23,74-78,80-91,93-96,98-104H,3-20,22,24-73H2,1-2H3,(H,92,97)/b23-21-. The minimum absolute atomic E-state index is 0.232. The van der Waals surface area contributed by atoms with E-state index in [0.717, 1.165) is 44.9 Å². The summed E-state index contributed by atoms with van der Waals surface area (Å²) in [6, 6.07) is -0.886. The van der Waals surface area contributed by atoms with Gasteiger partial charge in [-0.2, -0.15) is 0 Å². The van der Waals surface area contributed by atoms with Crippen LogP contribution in [0.3, 0.4) is 0 Å². The topological polar surface area (TPSA) is 307 Å². The molecule has 17 unspecified atom stereocenters. The highest BCUT2D eigenvalue weighted by atomic mass is 16.8. The third-order valence-corrected chi connectivity index (χ3v) is 23.8. The van der Waals surface area contributed by atoms with Gasteiger partial charge in [0.1, 0.15) is 73.2 Å². The summed E-state index contributed by atoms with van der Waals surface area (Å²) in [6.45, 7) is 1.89. The van der Waals surface area contributed by atoms with Crippen LogP contribution in [0.4, 0.5) is 0 Å². The molecule has 0 radical (unpaired) electrons. The maximum absolute atomic E-state index is 13.6. The largest absolute Gasteiger partial charge is 0.394 e. The van der Waals surface area contributed by atoms with E-state index < -0.39 is 124 Å². The van der Waals surface area contributed by atoms with Gasteiger partial charge in [-0.25, -0.2) is 0 Å². The third kappa shape index (κ3) is 49.7. The molecule has 0 aromatic heterocycles. The Morgan fingerprint density at radius 3 is 0.882 bits per heavy atom. The first kappa shape index (κ1) is 103. The van der Waals surface area contributed by atoms with Gasteiger partial charge in [-0.15, -0.1) is 0 Å². The monoisotopic (exact) mass is 1570 g/mol. The molecule has 12 N–H and O–H groups in total. The molecule has 0 aliphatic carbocycles. The van der Waals surface area contributed by atoms with Crippen molar-refractivity contribution in [2.24, 2.45) is 0 Å². The number of rotatable bonds is 78. The molecule has 3 aliphatic heterocycles. The van der Waals surface area contributed by atoms with Gasteiger partial charge in [0.05, 0.1) is 38.6 Å². The van der Waals surface area contributed by atoms with Crippen LogP contribution in [0, 0.1) is 0 Å². The van der Waals surface area contributed by atoms with Crippen molar-refractivity contribution in [2.75, 3.05) is 26.4 Å². The highest BCUT2D eigenvalue weighted by Crippen LogP contribution is 2.34. The van der Waals surface area contributed by atoms with Gasteiger partial charge < -0.3 is 89.9 Å². The van der Waals surface area contributed by atoms with Crippen molar-refractivity contribution in [3.8, 4) is 0 Å². The first-order valence-corrected chi connectivity index (χ1v) is 46.9. The Balaban J connectivity index is 1.30. The van der Waals surface area contributed by atoms with Gasteiger partial charge in [-0.3, -0.25) is 4.79 Å². The minimum atomic E-state index is -1.97. The number of hydrogen-bond donors (Lipinski definition) is 12. The summed E-state index contributed by atoms with van der Waals surface area (Å²) in [5.41, 5.74) is 0. The first-order valence-electron chi connectivity index (χ1n) is 46.9. The lowest BCUT2D eigenvalue weighted by Gasteiger charge is -2.48. The molecule has 3 aliphatic rings. The van der Waals surface area contributed by atoms with E-state index >= 15 is 0 Å². The average Bonchev–Trinajstić information content (AvgIpc) is 0.780. The highest BCUT2D eigenvalue weighted by molar-refractivity contribution is 5.76. The number of nitrogens with one attached hydrogen (secondary N) is 1. The number of allylic oxidation sites excluding steroid dienone is 2. The molecule has 0 bridgehead atoms. The molecule has 652 valence electrons. The molecule has 19 heteroatoms. The number of unbranched alkanes of at least 4 members (excludes halogenated alkanes) is 60. The first-order chi connectivity index (χ1) is 53.8. The van der Waals surface area contributed by atoms with Crippen LogP contribution >= 0.6 is 0 Å². The summed E-state index contributed by atoms with van der Waals surface area (Å²) in [7, 11) is 0. The molecule has 1 amide bonds. The Morgan fingerprint density at radius 1 is 0.318 bits per heavy atom. The zero-order valence-corrected chi connectivity index (χ0v) is 70.5. The number of carbonyl (C=O) groups is 1. The van der Waals surface area contributed by atoms with E-state index in [-0.39, 0.29) is 18.9 Å². The Bertz CT molecular complexity index is 2030. The molecule has 3 fully saturated rings. The summed E-state index contributed by atoms with van der Waals surface area (Å²) in [6.07, 6.45) is 61.9. The van der Waals surface area contributed by atoms with Crippen molar-refractivity contribution in [1.29, 1.82) is 0 Å². The third-order valence-electron chi connectivity index (χ3n) is 23.8. The smallest absolute Gasteiger partial charge is 0.220 e. The number of ether oxygens (including phenoxy) is 6. The lowest BCUT2D eigenvalue weighted by molar-refractivity contribution is -0.379. The summed E-state index contributed by atoms with van der Waals surface area (Å²) in [4.78, 5) is 13.6. The van der Waals surface area contributed by atoms with E-state index in [9.17, 15) is 61.0 Å². The predicted octanol–water partition coefficient (Wildman–Crippen LogP) is 18.2. The summed E-state index contributed by atoms with van der Waals surface area (Å²) in [5.74, 6) is -0.232. The molecule has 19 nitrogen and oxygen atoms in total. The van der Waals surface area contributed by atoms with Crippen molar-refractivity contribution in [3.05, 3.63) is 12.2 Å². The molecule has 3 heterocycles. The second-order valence-electron chi connectivity index (χ2n) is 33.8. The fraction of sp³-hybridized carbons (Fsp3) is 0.967. The second-order valence-corrected chi connectivity index (χ2v) is 33.8. The van der Waals surface area contributed by atoms with Crippen molar-refractivity contribution in [3.63, 3.8) is 0 Å². The molecule has 0 aromatic carbocycles. The van der Waals surface area contributed by atoms with E-state index in [1.54, 1.807) is 0 Å². The van der Waals surface area contributed by atoms with Crippen LogP contribution in [0.15, 0.2) is 12.2 Å². The normalized spacial score (nSPS) is 25.1. The molecule has 0 spiro atoms. The van der Waals surface area contributed by atoms with Gasteiger partial charge in [-0.1, -0.05) is 398 Å². The van der Waals surface area contributed by atoms with E-state index in [1.807, 2.05) is 0 Å². The molecule has 110 heavy (non-hydrogen) atoms. The van der Waals surface area contributed by atoms with E-state index in [4.69, 9.17) is 28.4 Å². The maximum atomic E-state index is 13.6. The molecular formula is C91H175NO18. The van der Waals surface area contributed by atoms with Crippen LogP contribution in [0.5, 0.6) is 0 Å². The Labute approximate surface area is 671 Å². The van der Waals surface area contributed by atoms with E-state index in [1.165, 1.54) is 353 Å². The zero-order chi connectivity index (χ0) is 79.5. The Morgan fingerprint density at radius 2 is 0.573 bits per heavy atom. The van der Waals surface area contributed by atoms with Crippen LogP contribution in [-0.2, 0) is 33.2 Å². The maximum Gasteiger partial charge on any atom is 0.220 e. The van der Waals surface area contributed by atoms with Gasteiger partial charge in [0.25, 0.3) is 0 Å². The SMILES string of the molecule is CCCCCCCCCC/C=C\CCCCCCCCCCCCCCCCCCCCCCCC(=O)NC(COC1OC(CO)C(OC2OC(CO)C(OC3OC(CO)C(O)C(O)C3O)C(O)C2O)C(O)C1O)C(O)CCCCCCCCCCCCCCCCCCCCCCCCCCCCCCCCCC. The quantitative estimate of drug-likeness (QED) is 0.0199. The zero-order valence-electron chi connectivity index (χ0n) is 70.5. The van der Waals surface area contributed by atoms with Crippen molar-refractivity contribution < 1.29 is 89.4 Å². The van der Waals surface area contributed by atoms with Crippen molar-refractivity contribution >= 4 is 5.91 Å².